The Kier molecular flexibility index (Phi) is 7.22. The molecule has 0 radical (unpaired) electrons. The van der Waals surface area contributed by atoms with E-state index in [2.05, 4.69) is 52.9 Å². The standard InChI is InChI=1S/C24H26ClN9O2S/c1-14-10-21(32-36-14)30-23(35)29-18-5-4-16(11-17(18)25)19-13-26-24(37-19)31-20-12-22(28-15(2)27-20)34-8-6-33(3)7-9-34/h4-5,10-13H,6-9H2,1-3H3,(H,26,27,28,31)(H2,29,30,32,35). The lowest BCUT2D eigenvalue weighted by atomic mass is 10.2. The summed E-state index contributed by atoms with van der Waals surface area (Å²) in [6.45, 7) is 7.51. The summed E-state index contributed by atoms with van der Waals surface area (Å²) in [7, 11) is 2.13. The van der Waals surface area contributed by atoms with Crippen molar-refractivity contribution in [3.63, 3.8) is 0 Å². The maximum absolute atomic E-state index is 12.2. The van der Waals surface area contributed by atoms with Gasteiger partial charge in [0.05, 0.1) is 15.6 Å². The van der Waals surface area contributed by atoms with Crippen molar-refractivity contribution in [2.75, 3.05) is 54.1 Å². The Morgan fingerprint density at radius 1 is 1.05 bits per heavy atom. The van der Waals surface area contributed by atoms with Crippen LogP contribution in [0.5, 0.6) is 0 Å². The zero-order chi connectivity index (χ0) is 25.9. The van der Waals surface area contributed by atoms with Gasteiger partial charge in [0.1, 0.15) is 23.2 Å². The van der Waals surface area contributed by atoms with Gasteiger partial charge >= 0.3 is 6.03 Å². The number of rotatable bonds is 6. The number of nitrogens with zero attached hydrogens (tertiary/aromatic N) is 6. The first kappa shape index (κ1) is 24.9. The van der Waals surface area contributed by atoms with Crippen LogP contribution in [0.2, 0.25) is 5.02 Å². The first-order valence-corrected chi connectivity index (χ1v) is 12.8. The molecule has 13 heteroatoms. The third kappa shape index (κ3) is 6.16. The van der Waals surface area contributed by atoms with Crippen LogP contribution >= 0.6 is 22.9 Å². The fourth-order valence-corrected chi connectivity index (χ4v) is 4.90. The van der Waals surface area contributed by atoms with Crippen LogP contribution in [0.4, 0.5) is 33.1 Å². The van der Waals surface area contributed by atoms with E-state index in [0.717, 1.165) is 42.4 Å². The van der Waals surface area contributed by atoms with E-state index >= 15 is 0 Å². The molecule has 1 aromatic carbocycles. The van der Waals surface area contributed by atoms with Gasteiger partial charge in [0.2, 0.25) is 0 Å². The molecule has 1 aliphatic rings. The molecule has 0 atom stereocenters. The SMILES string of the molecule is Cc1nc(Nc2ncc(-c3ccc(NC(=O)Nc4cc(C)on4)c(Cl)c3)s2)cc(N2CCN(C)CC2)n1. The van der Waals surface area contributed by atoms with Crippen molar-refractivity contribution in [3.8, 4) is 10.4 Å². The van der Waals surface area contributed by atoms with Gasteiger partial charge in [0.25, 0.3) is 0 Å². The highest BCUT2D eigenvalue weighted by atomic mass is 35.5. The van der Waals surface area contributed by atoms with Crippen molar-refractivity contribution in [1.29, 1.82) is 0 Å². The summed E-state index contributed by atoms with van der Waals surface area (Å²) in [4.78, 5) is 31.4. The lowest BCUT2D eigenvalue weighted by Gasteiger charge is -2.33. The zero-order valence-corrected chi connectivity index (χ0v) is 22.2. The van der Waals surface area contributed by atoms with E-state index in [9.17, 15) is 4.79 Å². The number of aryl methyl sites for hydroxylation is 2. The minimum Gasteiger partial charge on any atom is -0.360 e. The number of nitrogens with one attached hydrogen (secondary N) is 3. The van der Waals surface area contributed by atoms with Crippen molar-refractivity contribution >= 4 is 57.2 Å². The molecular weight excluding hydrogens is 514 g/mol. The molecule has 4 heterocycles. The number of halogens is 1. The van der Waals surface area contributed by atoms with E-state index < -0.39 is 6.03 Å². The highest BCUT2D eigenvalue weighted by Crippen LogP contribution is 2.34. The third-order valence-electron chi connectivity index (χ3n) is 5.76. The van der Waals surface area contributed by atoms with Gasteiger partial charge in [-0.25, -0.2) is 19.7 Å². The fraction of sp³-hybridized carbons (Fsp3) is 0.292. The van der Waals surface area contributed by atoms with Gasteiger partial charge in [-0.15, -0.1) is 0 Å². The van der Waals surface area contributed by atoms with Crippen molar-refractivity contribution in [2.24, 2.45) is 0 Å². The molecule has 1 fully saturated rings. The van der Waals surface area contributed by atoms with E-state index in [0.29, 0.717) is 39.1 Å². The highest BCUT2D eigenvalue weighted by molar-refractivity contribution is 7.18. The topological polar surface area (TPSA) is 124 Å². The molecule has 0 saturated carbocycles. The van der Waals surface area contributed by atoms with E-state index in [1.165, 1.54) is 11.3 Å². The number of aromatic nitrogens is 4. The van der Waals surface area contributed by atoms with Gasteiger partial charge in [-0.3, -0.25) is 5.32 Å². The number of likely N-dealkylation sites (N-methyl/N-ethyl adjacent to an activating group) is 1. The summed E-state index contributed by atoms with van der Waals surface area (Å²) in [5, 5.41) is 13.5. The van der Waals surface area contributed by atoms with Gasteiger partial charge in [-0.2, -0.15) is 0 Å². The lowest BCUT2D eigenvalue weighted by molar-refractivity contribution is 0.262. The Morgan fingerprint density at radius 3 is 2.59 bits per heavy atom. The number of piperazine rings is 1. The quantitative estimate of drug-likeness (QED) is 0.310. The van der Waals surface area contributed by atoms with Crippen molar-refractivity contribution in [3.05, 3.63) is 53.1 Å². The summed E-state index contributed by atoms with van der Waals surface area (Å²) in [5.74, 6) is 3.24. The Bertz CT molecular complexity index is 1410. The van der Waals surface area contributed by atoms with E-state index in [-0.39, 0.29) is 0 Å². The number of hydrogen-bond donors (Lipinski definition) is 3. The molecule has 0 spiro atoms. The summed E-state index contributed by atoms with van der Waals surface area (Å²) < 4.78 is 4.95. The van der Waals surface area contributed by atoms with Gasteiger partial charge in [-0.1, -0.05) is 34.2 Å². The number of urea groups is 1. The molecule has 0 aliphatic carbocycles. The molecule has 37 heavy (non-hydrogen) atoms. The number of hydrogen-bond acceptors (Lipinski definition) is 10. The van der Waals surface area contributed by atoms with Crippen molar-refractivity contribution in [1.82, 2.24) is 25.0 Å². The predicted molar refractivity (Wildman–Crippen MR) is 146 cm³/mol. The van der Waals surface area contributed by atoms with Gasteiger partial charge in [0.15, 0.2) is 10.9 Å². The second kappa shape index (κ2) is 10.7. The fourth-order valence-electron chi connectivity index (χ4n) is 3.85. The lowest BCUT2D eigenvalue weighted by Crippen LogP contribution is -2.44. The maximum Gasteiger partial charge on any atom is 0.324 e. The average molecular weight is 540 g/mol. The normalized spacial score (nSPS) is 14.0. The monoisotopic (exact) mass is 539 g/mol. The number of carbonyl (C=O) groups is 1. The predicted octanol–water partition coefficient (Wildman–Crippen LogP) is 5.00. The molecule has 2 amide bonds. The molecule has 5 rings (SSSR count). The molecule has 192 valence electrons. The minimum atomic E-state index is -0.469. The Hall–Kier alpha value is -3.74. The van der Waals surface area contributed by atoms with Gasteiger partial charge in [-0.05, 0) is 38.6 Å². The van der Waals surface area contributed by atoms with Crippen LogP contribution in [0.1, 0.15) is 11.6 Å². The summed E-state index contributed by atoms with van der Waals surface area (Å²) in [5.41, 5.74) is 1.35. The molecule has 11 nitrogen and oxygen atoms in total. The summed E-state index contributed by atoms with van der Waals surface area (Å²) in [6, 6.07) is 8.52. The van der Waals surface area contributed by atoms with Crippen molar-refractivity contribution in [2.45, 2.75) is 13.8 Å². The molecule has 1 saturated heterocycles. The maximum atomic E-state index is 12.2. The Morgan fingerprint density at radius 2 is 1.86 bits per heavy atom. The highest BCUT2D eigenvalue weighted by Gasteiger charge is 2.17. The van der Waals surface area contributed by atoms with E-state index in [1.54, 1.807) is 31.3 Å². The summed E-state index contributed by atoms with van der Waals surface area (Å²) >= 11 is 7.93. The molecule has 4 aromatic rings. The second-order valence-electron chi connectivity index (χ2n) is 8.70. The molecule has 0 bridgehead atoms. The molecule has 3 aromatic heterocycles. The number of amides is 2. The van der Waals surface area contributed by atoms with Crippen LogP contribution in [-0.2, 0) is 0 Å². The minimum absolute atomic E-state index is 0.321. The third-order valence-corrected chi connectivity index (χ3v) is 7.04. The van der Waals surface area contributed by atoms with E-state index in [1.807, 2.05) is 19.1 Å². The number of thiazole rings is 1. The summed E-state index contributed by atoms with van der Waals surface area (Å²) in [6.07, 6.45) is 1.78. The van der Waals surface area contributed by atoms with E-state index in [4.69, 9.17) is 16.1 Å². The second-order valence-corrected chi connectivity index (χ2v) is 10.1. The molecule has 0 unspecified atom stereocenters. The molecular formula is C24H26ClN9O2S. The Labute approximate surface area is 222 Å². The van der Waals surface area contributed by atoms with Gasteiger partial charge < -0.3 is 25.0 Å². The number of carbonyl (C=O) groups excluding carboxylic acids is 1. The van der Waals surface area contributed by atoms with Crippen LogP contribution < -0.4 is 20.9 Å². The smallest absolute Gasteiger partial charge is 0.324 e. The van der Waals surface area contributed by atoms with Crippen molar-refractivity contribution < 1.29 is 9.32 Å². The first-order chi connectivity index (χ1) is 17.8. The van der Waals surface area contributed by atoms with Crippen LogP contribution in [0.25, 0.3) is 10.4 Å². The number of benzene rings is 1. The first-order valence-electron chi connectivity index (χ1n) is 11.7. The zero-order valence-electron chi connectivity index (χ0n) is 20.6. The molecule has 1 aliphatic heterocycles. The average Bonchev–Trinajstić information content (AvgIpc) is 3.49. The Balaban J connectivity index is 1.25. The molecule has 3 N–H and O–H groups in total. The van der Waals surface area contributed by atoms with Crippen LogP contribution in [0.15, 0.2) is 41.1 Å². The number of anilines is 5. The van der Waals surface area contributed by atoms with Crippen LogP contribution in [0.3, 0.4) is 0 Å². The van der Waals surface area contributed by atoms with Gasteiger partial charge in [0, 0.05) is 44.5 Å². The largest absolute Gasteiger partial charge is 0.360 e. The van der Waals surface area contributed by atoms with Crippen LogP contribution in [-0.4, -0.2) is 64.3 Å². The van der Waals surface area contributed by atoms with Crippen LogP contribution in [0, 0.1) is 13.8 Å².